The number of nitrogens with one attached hydrogen (secondary N) is 1. The van der Waals surface area contributed by atoms with Crippen molar-refractivity contribution in [1.29, 1.82) is 0 Å². The minimum atomic E-state index is 0.0458. The van der Waals surface area contributed by atoms with E-state index in [1.165, 1.54) is 12.0 Å². The lowest BCUT2D eigenvalue weighted by molar-refractivity contribution is 0.181. The van der Waals surface area contributed by atoms with Gasteiger partial charge in [0, 0.05) is 10.0 Å². The first kappa shape index (κ1) is 13.7. The molecule has 1 heterocycles. The van der Waals surface area contributed by atoms with Crippen molar-refractivity contribution in [2.45, 2.75) is 37.9 Å². The van der Waals surface area contributed by atoms with Gasteiger partial charge in [0.2, 0.25) is 5.89 Å². The van der Waals surface area contributed by atoms with Crippen molar-refractivity contribution in [3.8, 4) is 0 Å². The summed E-state index contributed by atoms with van der Waals surface area (Å²) >= 11 is 3.47. The van der Waals surface area contributed by atoms with Gasteiger partial charge in [-0.15, -0.1) is 0 Å². The van der Waals surface area contributed by atoms with E-state index in [1.54, 1.807) is 0 Å². The lowest BCUT2D eigenvalue weighted by Crippen LogP contribution is -2.47. The van der Waals surface area contributed by atoms with Crippen LogP contribution in [0.5, 0.6) is 0 Å². The van der Waals surface area contributed by atoms with Crippen molar-refractivity contribution in [2.75, 3.05) is 0 Å². The van der Waals surface area contributed by atoms with E-state index >= 15 is 0 Å². The quantitative estimate of drug-likeness (QED) is 0.876. The zero-order valence-corrected chi connectivity index (χ0v) is 12.7. The average molecular weight is 337 g/mol. The number of nitrogens with two attached hydrogens (primary N) is 1. The smallest absolute Gasteiger partial charge is 0.240 e. The molecule has 3 N–H and O–H groups in total. The third-order valence-corrected chi connectivity index (χ3v) is 4.40. The summed E-state index contributed by atoms with van der Waals surface area (Å²) in [5.41, 5.74) is 6.83. The van der Waals surface area contributed by atoms with E-state index in [2.05, 4.69) is 55.7 Å². The van der Waals surface area contributed by atoms with E-state index in [4.69, 9.17) is 10.3 Å². The third kappa shape index (κ3) is 2.63. The molecule has 0 saturated heterocycles. The van der Waals surface area contributed by atoms with Crippen LogP contribution < -0.4 is 11.1 Å². The summed E-state index contributed by atoms with van der Waals surface area (Å²) < 4.78 is 6.12. The summed E-state index contributed by atoms with van der Waals surface area (Å²) in [6.07, 6.45) is 3.51. The van der Waals surface area contributed by atoms with Crippen LogP contribution in [0.3, 0.4) is 0 Å². The standard InChI is InChI=1S/C14H17BrN4O/c15-11-4-2-10(3-5-11)14(6-1-7-14)17-9-12-18-13(8-16)20-19-12/h2-5,17H,1,6-9,16H2. The van der Waals surface area contributed by atoms with Crippen LogP contribution in [0.2, 0.25) is 0 Å². The SMILES string of the molecule is NCc1nc(CNC2(c3ccc(Br)cc3)CCC2)no1. The average Bonchev–Trinajstić information content (AvgIpc) is 2.87. The summed E-state index contributed by atoms with van der Waals surface area (Å²) in [6.45, 7) is 0.879. The molecule has 0 bridgehead atoms. The number of aromatic nitrogens is 2. The molecule has 6 heteroatoms. The minimum Gasteiger partial charge on any atom is -0.338 e. The molecule has 1 aliphatic rings. The number of benzene rings is 1. The molecule has 106 valence electrons. The fraction of sp³-hybridized carbons (Fsp3) is 0.429. The van der Waals surface area contributed by atoms with E-state index in [0.717, 1.165) is 17.3 Å². The molecular formula is C14H17BrN4O. The Balaban J connectivity index is 1.71. The zero-order chi connectivity index (χ0) is 14.0. The molecule has 0 unspecified atom stereocenters. The fourth-order valence-electron chi connectivity index (χ4n) is 2.56. The van der Waals surface area contributed by atoms with Crippen LogP contribution in [-0.4, -0.2) is 10.1 Å². The Hall–Kier alpha value is -1.24. The Morgan fingerprint density at radius 2 is 2.05 bits per heavy atom. The van der Waals surface area contributed by atoms with Gasteiger partial charge in [0.05, 0.1) is 13.1 Å². The topological polar surface area (TPSA) is 77.0 Å². The van der Waals surface area contributed by atoms with Gasteiger partial charge in [-0.1, -0.05) is 33.2 Å². The first-order valence-corrected chi connectivity index (χ1v) is 7.54. The van der Waals surface area contributed by atoms with Crippen molar-refractivity contribution in [3.63, 3.8) is 0 Å². The largest absolute Gasteiger partial charge is 0.338 e. The second-order valence-electron chi connectivity index (χ2n) is 5.10. The Bertz CT molecular complexity index is 577. The highest BCUT2D eigenvalue weighted by Gasteiger charge is 2.38. The van der Waals surface area contributed by atoms with Gasteiger partial charge in [-0.2, -0.15) is 4.98 Å². The zero-order valence-electron chi connectivity index (χ0n) is 11.1. The van der Waals surface area contributed by atoms with E-state index in [-0.39, 0.29) is 12.1 Å². The van der Waals surface area contributed by atoms with Crippen LogP contribution in [0.25, 0.3) is 0 Å². The molecule has 0 spiro atoms. The predicted octanol–water partition coefficient (Wildman–Crippen LogP) is 2.46. The lowest BCUT2D eigenvalue weighted by atomic mass is 9.72. The number of rotatable bonds is 5. The highest BCUT2D eigenvalue weighted by Crippen LogP contribution is 2.41. The van der Waals surface area contributed by atoms with Crippen molar-refractivity contribution < 1.29 is 4.52 Å². The van der Waals surface area contributed by atoms with E-state index in [1.807, 2.05) is 0 Å². The van der Waals surface area contributed by atoms with Crippen molar-refractivity contribution >= 4 is 15.9 Å². The van der Waals surface area contributed by atoms with Gasteiger partial charge >= 0.3 is 0 Å². The third-order valence-electron chi connectivity index (χ3n) is 3.87. The number of hydrogen-bond acceptors (Lipinski definition) is 5. The van der Waals surface area contributed by atoms with Crippen molar-refractivity contribution in [1.82, 2.24) is 15.5 Å². The van der Waals surface area contributed by atoms with Crippen LogP contribution in [0, 0.1) is 0 Å². The Morgan fingerprint density at radius 1 is 1.30 bits per heavy atom. The second kappa shape index (κ2) is 5.63. The van der Waals surface area contributed by atoms with Gasteiger partial charge in [-0.05, 0) is 37.0 Å². The summed E-state index contributed by atoms with van der Waals surface area (Å²) in [4.78, 5) is 4.23. The van der Waals surface area contributed by atoms with Crippen LogP contribution in [-0.2, 0) is 18.6 Å². The molecule has 1 aliphatic carbocycles. The monoisotopic (exact) mass is 336 g/mol. The first-order valence-electron chi connectivity index (χ1n) is 6.74. The Kier molecular flexibility index (Phi) is 3.87. The summed E-state index contributed by atoms with van der Waals surface area (Å²) in [5, 5.41) is 7.50. The number of nitrogens with zero attached hydrogens (tertiary/aromatic N) is 2. The summed E-state index contributed by atoms with van der Waals surface area (Å²) in [7, 11) is 0. The molecule has 0 atom stereocenters. The number of halogens is 1. The Morgan fingerprint density at radius 3 is 2.60 bits per heavy atom. The highest BCUT2D eigenvalue weighted by molar-refractivity contribution is 9.10. The van der Waals surface area contributed by atoms with Crippen LogP contribution >= 0.6 is 15.9 Å². The van der Waals surface area contributed by atoms with Gasteiger partial charge in [0.15, 0.2) is 5.82 Å². The molecule has 5 nitrogen and oxygen atoms in total. The van der Waals surface area contributed by atoms with E-state index in [0.29, 0.717) is 18.3 Å². The first-order chi connectivity index (χ1) is 9.72. The molecular weight excluding hydrogens is 320 g/mol. The highest BCUT2D eigenvalue weighted by atomic mass is 79.9. The van der Waals surface area contributed by atoms with Crippen LogP contribution in [0.1, 0.15) is 36.5 Å². The molecule has 1 saturated carbocycles. The Labute approximate surface area is 126 Å². The van der Waals surface area contributed by atoms with E-state index < -0.39 is 0 Å². The van der Waals surface area contributed by atoms with Gasteiger partial charge in [0.1, 0.15) is 0 Å². The maximum absolute atomic E-state index is 5.47. The van der Waals surface area contributed by atoms with Gasteiger partial charge in [-0.3, -0.25) is 0 Å². The van der Waals surface area contributed by atoms with Gasteiger partial charge < -0.3 is 15.6 Å². The minimum absolute atomic E-state index is 0.0458. The summed E-state index contributed by atoms with van der Waals surface area (Å²) in [6, 6.07) is 8.49. The van der Waals surface area contributed by atoms with Gasteiger partial charge in [0.25, 0.3) is 0 Å². The molecule has 2 aromatic rings. The van der Waals surface area contributed by atoms with E-state index in [9.17, 15) is 0 Å². The van der Waals surface area contributed by atoms with Crippen molar-refractivity contribution in [2.24, 2.45) is 5.73 Å². The number of hydrogen-bond donors (Lipinski definition) is 2. The predicted molar refractivity (Wildman–Crippen MR) is 78.7 cm³/mol. The molecule has 1 aromatic carbocycles. The molecule has 1 aromatic heterocycles. The molecule has 0 radical (unpaired) electrons. The molecule has 0 amide bonds. The molecule has 0 aliphatic heterocycles. The maximum Gasteiger partial charge on any atom is 0.240 e. The molecule has 3 rings (SSSR count). The second-order valence-corrected chi connectivity index (χ2v) is 6.02. The van der Waals surface area contributed by atoms with Crippen LogP contribution in [0.15, 0.2) is 33.3 Å². The molecule has 1 fully saturated rings. The van der Waals surface area contributed by atoms with Gasteiger partial charge in [-0.25, -0.2) is 0 Å². The van der Waals surface area contributed by atoms with Crippen LogP contribution in [0.4, 0.5) is 0 Å². The normalized spacial score (nSPS) is 16.9. The fourth-order valence-corrected chi connectivity index (χ4v) is 2.82. The van der Waals surface area contributed by atoms with Crippen molar-refractivity contribution in [3.05, 3.63) is 46.0 Å². The summed E-state index contributed by atoms with van der Waals surface area (Å²) in [5.74, 6) is 1.14. The maximum atomic E-state index is 5.47. The lowest BCUT2D eigenvalue weighted by Gasteiger charge is -2.43. The molecule has 20 heavy (non-hydrogen) atoms.